The van der Waals surface area contributed by atoms with Gasteiger partial charge in [0.1, 0.15) is 5.75 Å². The number of hydrogen-bond donors (Lipinski definition) is 3. The Labute approximate surface area is 117 Å². The standard InChI is InChI=1S/C14H22BrNO2/c1-14(2,10-17)7-4-8-16-9-11-5-3-6-12(15)13(11)18/h3,5-6,16-18H,4,7-10H2,1-2H3. The topological polar surface area (TPSA) is 52.5 Å². The second kappa shape index (κ2) is 7.12. The normalized spacial score (nSPS) is 11.8. The van der Waals surface area contributed by atoms with E-state index in [0.717, 1.165) is 29.4 Å². The lowest BCUT2D eigenvalue weighted by Gasteiger charge is -2.21. The summed E-state index contributed by atoms with van der Waals surface area (Å²) in [6, 6.07) is 5.64. The molecule has 0 saturated carbocycles. The smallest absolute Gasteiger partial charge is 0.134 e. The van der Waals surface area contributed by atoms with Gasteiger partial charge in [-0.2, -0.15) is 0 Å². The summed E-state index contributed by atoms with van der Waals surface area (Å²) in [5.74, 6) is 0.306. The molecule has 3 nitrogen and oxygen atoms in total. The molecular formula is C14H22BrNO2. The van der Waals surface area contributed by atoms with Crippen molar-refractivity contribution >= 4 is 15.9 Å². The molecule has 1 aromatic carbocycles. The fourth-order valence-electron chi connectivity index (χ4n) is 1.70. The first-order chi connectivity index (χ1) is 8.46. The molecule has 18 heavy (non-hydrogen) atoms. The van der Waals surface area contributed by atoms with Crippen molar-refractivity contribution in [3.63, 3.8) is 0 Å². The summed E-state index contributed by atoms with van der Waals surface area (Å²) >= 11 is 3.30. The van der Waals surface area contributed by atoms with Crippen molar-refractivity contribution < 1.29 is 10.2 Å². The molecule has 1 rings (SSSR count). The van der Waals surface area contributed by atoms with E-state index in [9.17, 15) is 5.11 Å². The Morgan fingerprint density at radius 3 is 2.72 bits per heavy atom. The molecule has 0 fully saturated rings. The van der Waals surface area contributed by atoms with Crippen molar-refractivity contribution in [2.75, 3.05) is 13.2 Å². The Hall–Kier alpha value is -0.580. The summed E-state index contributed by atoms with van der Waals surface area (Å²) in [5.41, 5.74) is 0.894. The van der Waals surface area contributed by atoms with Gasteiger partial charge in [0.25, 0.3) is 0 Å². The van der Waals surface area contributed by atoms with Crippen LogP contribution in [0.25, 0.3) is 0 Å². The Morgan fingerprint density at radius 1 is 1.33 bits per heavy atom. The van der Waals surface area contributed by atoms with Crippen LogP contribution >= 0.6 is 15.9 Å². The summed E-state index contributed by atoms with van der Waals surface area (Å²) in [4.78, 5) is 0. The fraction of sp³-hybridized carbons (Fsp3) is 0.571. The van der Waals surface area contributed by atoms with Crippen molar-refractivity contribution in [1.29, 1.82) is 0 Å². The molecule has 0 aliphatic carbocycles. The van der Waals surface area contributed by atoms with Crippen LogP contribution in [0, 0.1) is 5.41 Å². The minimum absolute atomic E-state index is 0.000403. The average Bonchev–Trinajstić information content (AvgIpc) is 2.34. The molecule has 0 unspecified atom stereocenters. The first-order valence-electron chi connectivity index (χ1n) is 6.24. The number of phenols is 1. The summed E-state index contributed by atoms with van der Waals surface area (Å²) < 4.78 is 0.725. The first kappa shape index (κ1) is 15.5. The Balaban J connectivity index is 2.28. The van der Waals surface area contributed by atoms with Gasteiger partial charge in [0.2, 0.25) is 0 Å². The van der Waals surface area contributed by atoms with Crippen molar-refractivity contribution in [1.82, 2.24) is 5.32 Å². The molecule has 1 aromatic rings. The number of aliphatic hydroxyl groups is 1. The number of aliphatic hydroxyl groups excluding tert-OH is 1. The van der Waals surface area contributed by atoms with Crippen molar-refractivity contribution in [2.45, 2.75) is 33.2 Å². The minimum atomic E-state index is -0.000403. The number of nitrogens with one attached hydrogen (secondary N) is 1. The van der Waals surface area contributed by atoms with E-state index in [1.807, 2.05) is 18.2 Å². The van der Waals surface area contributed by atoms with Crippen LogP contribution < -0.4 is 5.32 Å². The highest BCUT2D eigenvalue weighted by Gasteiger charge is 2.15. The summed E-state index contributed by atoms with van der Waals surface area (Å²) in [6.07, 6.45) is 2.00. The summed E-state index contributed by atoms with van der Waals surface area (Å²) in [5, 5.41) is 22.2. The molecule has 0 spiro atoms. The summed E-state index contributed by atoms with van der Waals surface area (Å²) in [6.45, 7) is 5.89. The van der Waals surface area contributed by atoms with Gasteiger partial charge in [-0.15, -0.1) is 0 Å². The van der Waals surface area contributed by atoms with E-state index in [-0.39, 0.29) is 12.0 Å². The molecule has 0 atom stereocenters. The average molecular weight is 316 g/mol. The second-order valence-corrected chi connectivity index (χ2v) is 6.20. The third-order valence-electron chi connectivity index (χ3n) is 3.02. The van der Waals surface area contributed by atoms with Gasteiger partial charge in [0.05, 0.1) is 4.47 Å². The number of hydrogen-bond acceptors (Lipinski definition) is 3. The van der Waals surface area contributed by atoms with Gasteiger partial charge in [-0.25, -0.2) is 0 Å². The van der Waals surface area contributed by atoms with Crippen molar-refractivity contribution in [2.24, 2.45) is 5.41 Å². The fourth-order valence-corrected chi connectivity index (χ4v) is 2.10. The van der Waals surface area contributed by atoms with Gasteiger partial charge in [-0.3, -0.25) is 0 Å². The quantitative estimate of drug-likeness (QED) is 0.678. The summed E-state index contributed by atoms with van der Waals surface area (Å²) in [7, 11) is 0. The number of benzene rings is 1. The number of phenolic OH excluding ortho intramolecular Hbond substituents is 1. The molecule has 0 heterocycles. The van der Waals surface area contributed by atoms with Gasteiger partial charge in [0.15, 0.2) is 0 Å². The van der Waals surface area contributed by atoms with Gasteiger partial charge in [-0.05, 0) is 46.8 Å². The van der Waals surface area contributed by atoms with Gasteiger partial charge >= 0.3 is 0 Å². The maximum atomic E-state index is 9.80. The number of para-hydroxylation sites is 1. The molecular weight excluding hydrogens is 294 g/mol. The first-order valence-corrected chi connectivity index (χ1v) is 7.03. The van der Waals surface area contributed by atoms with E-state index in [0.29, 0.717) is 12.3 Å². The van der Waals surface area contributed by atoms with Crippen LogP contribution in [-0.4, -0.2) is 23.4 Å². The maximum Gasteiger partial charge on any atom is 0.134 e. The molecule has 3 N–H and O–H groups in total. The predicted octanol–water partition coefficient (Wildman–Crippen LogP) is 3.04. The zero-order valence-electron chi connectivity index (χ0n) is 11.0. The Morgan fingerprint density at radius 2 is 2.06 bits per heavy atom. The lowest BCUT2D eigenvalue weighted by Crippen LogP contribution is -2.21. The monoisotopic (exact) mass is 315 g/mol. The number of halogens is 1. The molecule has 0 bridgehead atoms. The highest BCUT2D eigenvalue weighted by molar-refractivity contribution is 9.10. The molecule has 0 radical (unpaired) electrons. The van der Waals surface area contributed by atoms with Crippen LogP contribution in [0.15, 0.2) is 22.7 Å². The van der Waals surface area contributed by atoms with Crippen molar-refractivity contribution in [3.05, 3.63) is 28.2 Å². The maximum absolute atomic E-state index is 9.80. The van der Waals surface area contributed by atoms with E-state index < -0.39 is 0 Å². The zero-order valence-corrected chi connectivity index (χ0v) is 12.6. The van der Waals surface area contributed by atoms with Crippen molar-refractivity contribution in [3.8, 4) is 5.75 Å². The molecule has 0 amide bonds. The molecule has 0 aliphatic rings. The van der Waals surface area contributed by atoms with Crippen LogP contribution in [0.5, 0.6) is 5.75 Å². The molecule has 102 valence electrons. The van der Waals surface area contributed by atoms with E-state index in [2.05, 4.69) is 35.1 Å². The molecule has 0 saturated heterocycles. The van der Waals surface area contributed by atoms with E-state index in [1.54, 1.807) is 0 Å². The molecule has 0 aromatic heterocycles. The van der Waals surface area contributed by atoms with Crippen LogP contribution in [0.4, 0.5) is 0 Å². The Bertz CT molecular complexity index is 380. The van der Waals surface area contributed by atoms with Gasteiger partial charge in [-0.1, -0.05) is 26.0 Å². The highest BCUT2D eigenvalue weighted by atomic mass is 79.9. The van der Waals surface area contributed by atoms with Gasteiger partial charge < -0.3 is 15.5 Å². The van der Waals surface area contributed by atoms with Gasteiger partial charge in [0, 0.05) is 18.7 Å². The Kier molecular flexibility index (Phi) is 6.12. The van der Waals surface area contributed by atoms with E-state index >= 15 is 0 Å². The van der Waals surface area contributed by atoms with Crippen LogP contribution in [0.2, 0.25) is 0 Å². The third kappa shape index (κ3) is 4.96. The SMILES string of the molecule is CC(C)(CO)CCCNCc1cccc(Br)c1O. The zero-order chi connectivity index (χ0) is 13.6. The van der Waals surface area contributed by atoms with Crippen LogP contribution in [-0.2, 0) is 6.54 Å². The lowest BCUT2D eigenvalue weighted by molar-refractivity contribution is 0.148. The third-order valence-corrected chi connectivity index (χ3v) is 3.66. The molecule has 4 heteroatoms. The minimum Gasteiger partial charge on any atom is -0.506 e. The van der Waals surface area contributed by atoms with Crippen LogP contribution in [0.1, 0.15) is 32.3 Å². The second-order valence-electron chi connectivity index (χ2n) is 5.35. The lowest BCUT2D eigenvalue weighted by atomic mass is 9.89. The molecule has 0 aliphatic heterocycles. The van der Waals surface area contributed by atoms with Crippen LogP contribution in [0.3, 0.4) is 0 Å². The predicted molar refractivity (Wildman–Crippen MR) is 77.6 cm³/mol. The largest absolute Gasteiger partial charge is 0.506 e. The van der Waals surface area contributed by atoms with E-state index in [1.165, 1.54) is 0 Å². The number of aromatic hydroxyl groups is 1. The number of rotatable bonds is 7. The van der Waals surface area contributed by atoms with E-state index in [4.69, 9.17) is 5.11 Å². The highest BCUT2D eigenvalue weighted by Crippen LogP contribution is 2.27.